The fraction of sp³-hybridized carbons (Fsp3) is 0.778. The van der Waals surface area contributed by atoms with E-state index in [-0.39, 0.29) is 6.04 Å². The largest absolute Gasteiger partial charge is 0.475 e. The molecule has 98 valence electrons. The van der Waals surface area contributed by atoms with Gasteiger partial charge in [-0.1, -0.05) is 0 Å². The van der Waals surface area contributed by atoms with Crippen LogP contribution in [0.4, 0.5) is 8.78 Å². The second-order valence-corrected chi connectivity index (χ2v) is 3.64. The van der Waals surface area contributed by atoms with Crippen molar-refractivity contribution in [1.82, 2.24) is 10.4 Å². The number of hydrogen-bond acceptors (Lipinski definition) is 5. The number of alkyl halides is 2. The summed E-state index contributed by atoms with van der Waals surface area (Å²) in [5.74, 6) is -2.29. The summed E-state index contributed by atoms with van der Waals surface area (Å²) in [7, 11) is 1.86. The summed E-state index contributed by atoms with van der Waals surface area (Å²) in [6.45, 7) is 4.98. The third-order valence-electron chi connectivity index (χ3n) is 2.23. The molecule has 0 aromatic rings. The number of hydrogen-bond donors (Lipinski definition) is 2. The van der Waals surface area contributed by atoms with Crippen LogP contribution in [0.2, 0.25) is 0 Å². The van der Waals surface area contributed by atoms with Gasteiger partial charge in [0.05, 0.1) is 0 Å². The van der Waals surface area contributed by atoms with Gasteiger partial charge >= 0.3 is 12.1 Å². The summed E-state index contributed by atoms with van der Waals surface area (Å²) in [5.41, 5.74) is 2.10. The standard InChI is InChI=1S/C8H14F2N2O3.CHN/c1-12-4-2-3-6(5-12)11-15-8(9,10)7(13)14;1-2/h6,11H,2-5H2,1H3,(H,13,14);1H. The molecule has 2 N–H and O–H groups in total. The molecule has 1 saturated heterocycles. The number of hydroxylamine groups is 1. The van der Waals surface area contributed by atoms with Gasteiger partial charge < -0.3 is 10.0 Å². The van der Waals surface area contributed by atoms with E-state index >= 15 is 0 Å². The van der Waals surface area contributed by atoms with E-state index in [4.69, 9.17) is 10.4 Å². The predicted octanol–water partition coefficient (Wildman–Crippen LogP) is 0.419. The molecular weight excluding hydrogens is 236 g/mol. The lowest BCUT2D eigenvalue weighted by Crippen LogP contribution is -2.48. The Morgan fingerprint density at radius 2 is 2.24 bits per heavy atom. The Morgan fingerprint density at radius 1 is 1.65 bits per heavy atom. The van der Waals surface area contributed by atoms with Gasteiger partial charge in [-0.05, 0) is 26.4 Å². The minimum absolute atomic E-state index is 0.256. The number of piperidine rings is 1. The van der Waals surface area contributed by atoms with Crippen LogP contribution in [0.5, 0.6) is 0 Å². The molecule has 1 unspecified atom stereocenters. The third-order valence-corrected chi connectivity index (χ3v) is 2.23. The molecule has 0 radical (unpaired) electrons. The average Bonchev–Trinajstić information content (AvgIpc) is 2.29. The van der Waals surface area contributed by atoms with Gasteiger partial charge in [-0.2, -0.15) is 14.3 Å². The molecule has 0 aromatic carbocycles. The number of likely N-dealkylation sites (N-methyl/N-ethyl adjacent to an activating group) is 1. The van der Waals surface area contributed by atoms with Gasteiger partial charge in [-0.15, -0.1) is 0 Å². The number of nitriles is 1. The molecule has 17 heavy (non-hydrogen) atoms. The lowest BCUT2D eigenvalue weighted by atomic mass is 10.1. The first kappa shape index (κ1) is 15.7. The van der Waals surface area contributed by atoms with Gasteiger partial charge in [-0.3, -0.25) is 0 Å². The molecule has 1 fully saturated rings. The Hall–Kier alpha value is -1.30. The van der Waals surface area contributed by atoms with E-state index in [1.54, 1.807) is 0 Å². The van der Waals surface area contributed by atoms with Gasteiger partial charge in [0.15, 0.2) is 0 Å². The van der Waals surface area contributed by atoms with Crippen LogP contribution in [0.3, 0.4) is 0 Å². The number of halogens is 2. The zero-order valence-corrected chi connectivity index (χ0v) is 9.40. The van der Waals surface area contributed by atoms with Gasteiger partial charge in [0.25, 0.3) is 0 Å². The van der Waals surface area contributed by atoms with Crippen LogP contribution in [0.1, 0.15) is 12.8 Å². The summed E-state index contributed by atoms with van der Waals surface area (Å²) in [5, 5.41) is 14.6. The fourth-order valence-corrected chi connectivity index (χ4v) is 1.46. The van der Waals surface area contributed by atoms with Crippen molar-refractivity contribution >= 4 is 5.97 Å². The highest BCUT2D eigenvalue weighted by Crippen LogP contribution is 2.15. The zero-order valence-electron chi connectivity index (χ0n) is 9.40. The molecule has 1 atom stereocenters. The molecule has 6 nitrogen and oxygen atoms in total. The fourth-order valence-electron chi connectivity index (χ4n) is 1.46. The van der Waals surface area contributed by atoms with E-state index < -0.39 is 12.1 Å². The molecular formula is C9H15F2N3O3. The molecule has 8 heteroatoms. The van der Waals surface area contributed by atoms with E-state index in [1.807, 2.05) is 11.9 Å². The van der Waals surface area contributed by atoms with Crippen LogP contribution < -0.4 is 5.48 Å². The lowest BCUT2D eigenvalue weighted by molar-refractivity contribution is -0.275. The number of likely N-dealkylation sites (tertiary alicyclic amines) is 1. The number of carbonyl (C=O) groups is 1. The van der Waals surface area contributed by atoms with Crippen molar-refractivity contribution in [3.63, 3.8) is 0 Å². The molecule has 0 spiro atoms. The SMILES string of the molecule is C#N.CN1CCCC(NOC(F)(F)C(=O)O)C1. The average molecular weight is 251 g/mol. The minimum Gasteiger partial charge on any atom is -0.475 e. The second-order valence-electron chi connectivity index (χ2n) is 3.64. The number of carboxylic acids is 1. The number of aliphatic carboxylic acids is 1. The maximum atomic E-state index is 12.5. The van der Waals surface area contributed by atoms with Gasteiger partial charge in [0.1, 0.15) is 0 Å². The molecule has 0 saturated carbocycles. The lowest BCUT2D eigenvalue weighted by Gasteiger charge is -2.30. The van der Waals surface area contributed by atoms with Crippen LogP contribution in [-0.2, 0) is 9.63 Å². The van der Waals surface area contributed by atoms with Crippen LogP contribution in [0, 0.1) is 11.8 Å². The number of nitrogens with one attached hydrogen (secondary N) is 1. The van der Waals surface area contributed by atoms with Crippen LogP contribution in [0.15, 0.2) is 0 Å². The summed E-state index contributed by atoms with van der Waals surface area (Å²) < 4.78 is 25.0. The van der Waals surface area contributed by atoms with Crippen molar-refractivity contribution in [2.24, 2.45) is 0 Å². The molecule has 0 amide bonds. The maximum absolute atomic E-state index is 12.5. The Kier molecular flexibility index (Phi) is 6.57. The topological polar surface area (TPSA) is 85.6 Å². The van der Waals surface area contributed by atoms with Crippen molar-refractivity contribution in [3.05, 3.63) is 0 Å². The maximum Gasteiger partial charge on any atom is 0.471 e. The quantitative estimate of drug-likeness (QED) is 0.704. The van der Waals surface area contributed by atoms with Gasteiger partial charge in [-0.25, -0.2) is 14.9 Å². The van der Waals surface area contributed by atoms with Crippen molar-refractivity contribution in [2.75, 3.05) is 20.1 Å². The van der Waals surface area contributed by atoms with E-state index in [2.05, 4.69) is 16.9 Å². The number of rotatable bonds is 4. The van der Waals surface area contributed by atoms with Crippen LogP contribution in [0.25, 0.3) is 0 Å². The van der Waals surface area contributed by atoms with Crippen LogP contribution in [-0.4, -0.2) is 48.3 Å². The molecule has 0 aromatic heterocycles. The monoisotopic (exact) mass is 251 g/mol. The Labute approximate surface area is 97.7 Å². The Morgan fingerprint density at radius 3 is 2.71 bits per heavy atom. The summed E-state index contributed by atoms with van der Waals surface area (Å²) in [6, 6.07) is -0.256. The minimum atomic E-state index is -4.17. The van der Waals surface area contributed by atoms with Gasteiger partial charge in [0.2, 0.25) is 0 Å². The summed E-state index contributed by atoms with van der Waals surface area (Å²) in [4.78, 5) is 15.9. The smallest absolute Gasteiger partial charge is 0.471 e. The van der Waals surface area contributed by atoms with Crippen molar-refractivity contribution in [1.29, 1.82) is 5.26 Å². The summed E-state index contributed by atoms with van der Waals surface area (Å²) in [6.07, 6.45) is -2.60. The molecule has 1 aliphatic rings. The predicted molar refractivity (Wildman–Crippen MR) is 54.0 cm³/mol. The first-order valence-electron chi connectivity index (χ1n) is 4.91. The highest BCUT2D eigenvalue weighted by atomic mass is 19.3. The number of carboxylic acid groups (broad SMARTS) is 1. The number of nitrogens with zero attached hydrogens (tertiary/aromatic N) is 2. The molecule has 1 aliphatic heterocycles. The molecule has 0 bridgehead atoms. The zero-order chi connectivity index (χ0) is 13.5. The highest BCUT2D eigenvalue weighted by molar-refractivity contribution is 5.73. The normalized spacial score (nSPS) is 21.4. The molecule has 1 heterocycles. The van der Waals surface area contributed by atoms with E-state index in [1.165, 1.54) is 0 Å². The van der Waals surface area contributed by atoms with E-state index in [9.17, 15) is 13.6 Å². The Balaban J connectivity index is 0.00000121. The second kappa shape index (κ2) is 7.11. The van der Waals surface area contributed by atoms with Crippen molar-refractivity contribution in [2.45, 2.75) is 25.0 Å². The van der Waals surface area contributed by atoms with Gasteiger partial charge in [0, 0.05) is 19.2 Å². The van der Waals surface area contributed by atoms with Crippen LogP contribution >= 0.6 is 0 Å². The van der Waals surface area contributed by atoms with E-state index in [0.717, 1.165) is 13.0 Å². The Bertz CT molecular complexity index is 273. The first-order valence-corrected chi connectivity index (χ1v) is 4.91. The van der Waals surface area contributed by atoms with Crippen molar-refractivity contribution < 1.29 is 23.5 Å². The van der Waals surface area contributed by atoms with Crippen molar-refractivity contribution in [3.8, 4) is 6.57 Å². The molecule has 0 aliphatic carbocycles. The van der Waals surface area contributed by atoms with E-state index in [0.29, 0.717) is 13.0 Å². The molecule has 1 rings (SSSR count). The summed E-state index contributed by atoms with van der Waals surface area (Å²) >= 11 is 0. The highest BCUT2D eigenvalue weighted by Gasteiger charge is 2.42. The third kappa shape index (κ3) is 5.53. The first-order chi connectivity index (χ1) is 7.92.